The van der Waals surface area contributed by atoms with Gasteiger partial charge in [-0.05, 0) is 27.7 Å². The van der Waals surface area contributed by atoms with Crippen LogP contribution in [0.2, 0.25) is 0 Å². The van der Waals surface area contributed by atoms with Crippen LogP contribution in [0.1, 0.15) is 27.7 Å². The molecule has 0 bridgehead atoms. The Hall–Kier alpha value is -0.330. The molecule has 1 N–H and O–H groups in total. The fourth-order valence-electron chi connectivity index (χ4n) is 1.63. The molecule has 1 aliphatic heterocycles. The summed E-state index contributed by atoms with van der Waals surface area (Å²) in [6.45, 7) is 8.74. The van der Waals surface area contributed by atoms with Gasteiger partial charge >= 0.3 is 0 Å². The zero-order valence-electron chi connectivity index (χ0n) is 11.4. The molecule has 7 heteroatoms. The average molecular weight is 299 g/mol. The van der Waals surface area contributed by atoms with Crippen LogP contribution >= 0.6 is 12.4 Å². The molecule has 1 amide bonds. The Bertz CT molecular complexity index is 390. The molecular weight excluding hydrogens is 276 g/mol. The number of carbonyl (C=O) groups is 1. The van der Waals surface area contributed by atoms with Crippen molar-refractivity contribution >= 4 is 28.2 Å². The van der Waals surface area contributed by atoms with E-state index in [1.165, 1.54) is 0 Å². The summed E-state index contributed by atoms with van der Waals surface area (Å²) < 4.78 is 23.0. The van der Waals surface area contributed by atoms with E-state index < -0.39 is 14.6 Å². The lowest BCUT2D eigenvalue weighted by Gasteiger charge is -2.32. The summed E-state index contributed by atoms with van der Waals surface area (Å²) >= 11 is 0. The first kappa shape index (κ1) is 17.7. The molecule has 1 saturated heterocycles. The molecule has 1 heterocycles. The molecule has 0 aromatic rings. The van der Waals surface area contributed by atoms with Crippen LogP contribution in [-0.4, -0.2) is 55.4 Å². The highest BCUT2D eigenvalue weighted by Crippen LogP contribution is 2.16. The third-order valence-electron chi connectivity index (χ3n) is 2.97. The Balaban J connectivity index is 0.00000289. The molecule has 1 rings (SSSR count). The minimum atomic E-state index is -3.38. The molecule has 18 heavy (non-hydrogen) atoms. The smallest absolute Gasteiger partial charge is 0.237 e. The zero-order valence-corrected chi connectivity index (χ0v) is 13.0. The van der Waals surface area contributed by atoms with E-state index >= 15 is 0 Å². The molecule has 0 aliphatic carbocycles. The van der Waals surface area contributed by atoms with Crippen molar-refractivity contribution in [1.82, 2.24) is 10.2 Å². The van der Waals surface area contributed by atoms with Gasteiger partial charge in [0.1, 0.15) is 5.75 Å². The Morgan fingerprint density at radius 2 is 1.94 bits per heavy atom. The number of hydrogen-bond acceptors (Lipinski definition) is 4. The quantitative estimate of drug-likeness (QED) is 0.803. The number of nitrogens with one attached hydrogen (secondary N) is 1. The van der Waals surface area contributed by atoms with E-state index in [1.54, 1.807) is 25.7 Å². The number of piperazine rings is 1. The number of sulfone groups is 1. The van der Waals surface area contributed by atoms with Gasteiger partial charge in [0.05, 0.1) is 4.75 Å². The van der Waals surface area contributed by atoms with Gasteiger partial charge in [-0.1, -0.05) is 0 Å². The summed E-state index contributed by atoms with van der Waals surface area (Å²) in [6, 6.07) is 0.227. The van der Waals surface area contributed by atoms with Gasteiger partial charge in [0.25, 0.3) is 0 Å². The molecule has 0 aromatic heterocycles. The number of hydrogen-bond donors (Lipinski definition) is 1. The Morgan fingerprint density at radius 1 is 1.39 bits per heavy atom. The summed E-state index contributed by atoms with van der Waals surface area (Å²) in [7, 11) is -3.38. The van der Waals surface area contributed by atoms with Gasteiger partial charge in [-0.25, -0.2) is 8.42 Å². The minimum absolute atomic E-state index is 0. The van der Waals surface area contributed by atoms with Crippen LogP contribution in [-0.2, 0) is 14.6 Å². The molecule has 1 aliphatic rings. The summed E-state index contributed by atoms with van der Waals surface area (Å²) in [6.07, 6.45) is 0. The lowest BCUT2D eigenvalue weighted by molar-refractivity contribution is -0.129. The monoisotopic (exact) mass is 298 g/mol. The molecular formula is C11H23ClN2O3S. The normalized spacial score (nSPS) is 21.3. The molecule has 0 radical (unpaired) electrons. The Labute approximate surface area is 116 Å². The second-order valence-corrected chi connectivity index (χ2v) is 8.31. The number of halogens is 1. The highest BCUT2D eigenvalue weighted by Gasteiger charge is 2.33. The number of amides is 1. The summed E-state index contributed by atoms with van der Waals surface area (Å²) in [5.41, 5.74) is 0. The molecule has 1 fully saturated rings. The largest absolute Gasteiger partial charge is 0.339 e. The van der Waals surface area contributed by atoms with E-state index in [-0.39, 0.29) is 30.1 Å². The average Bonchev–Trinajstić information content (AvgIpc) is 2.15. The van der Waals surface area contributed by atoms with E-state index in [0.29, 0.717) is 13.1 Å². The third-order valence-corrected chi connectivity index (χ3v) is 5.46. The fraction of sp³-hybridized carbons (Fsp3) is 0.909. The van der Waals surface area contributed by atoms with Crippen molar-refractivity contribution in [2.24, 2.45) is 0 Å². The molecule has 5 nitrogen and oxygen atoms in total. The number of nitrogens with zero attached hydrogens (tertiary/aromatic N) is 1. The molecule has 108 valence electrons. The third kappa shape index (κ3) is 4.40. The zero-order chi connectivity index (χ0) is 13.3. The van der Waals surface area contributed by atoms with Crippen molar-refractivity contribution in [3.63, 3.8) is 0 Å². The van der Waals surface area contributed by atoms with Gasteiger partial charge in [0, 0.05) is 25.7 Å². The summed E-state index contributed by atoms with van der Waals surface area (Å²) in [4.78, 5) is 13.6. The molecule has 0 unspecified atom stereocenters. The lowest BCUT2D eigenvalue weighted by atomic mass is 10.2. The van der Waals surface area contributed by atoms with E-state index in [0.717, 1.165) is 6.54 Å². The number of carbonyl (C=O) groups excluding carboxylic acids is 1. The van der Waals surface area contributed by atoms with Gasteiger partial charge < -0.3 is 10.2 Å². The van der Waals surface area contributed by atoms with Crippen molar-refractivity contribution in [2.45, 2.75) is 38.5 Å². The summed E-state index contributed by atoms with van der Waals surface area (Å²) in [5, 5.41) is 3.22. The van der Waals surface area contributed by atoms with E-state index in [9.17, 15) is 13.2 Å². The van der Waals surface area contributed by atoms with Crippen molar-refractivity contribution in [3.8, 4) is 0 Å². The standard InChI is InChI=1S/C11H22N2O3S.ClH/c1-9-7-13(6-5-12-9)10(14)8-17(15,16)11(2,3)4;/h9,12H,5-8H2,1-4H3;1H/t9-;/m1./s1. The number of rotatable bonds is 2. The van der Waals surface area contributed by atoms with Gasteiger partial charge in [0.2, 0.25) is 5.91 Å². The van der Waals surface area contributed by atoms with Crippen molar-refractivity contribution in [2.75, 3.05) is 25.4 Å². The minimum Gasteiger partial charge on any atom is -0.339 e. The van der Waals surface area contributed by atoms with Crippen LogP contribution in [0.25, 0.3) is 0 Å². The second kappa shape index (κ2) is 6.21. The second-order valence-electron chi connectivity index (χ2n) is 5.57. The SMILES string of the molecule is C[C@@H]1CN(C(=O)CS(=O)(=O)C(C)(C)C)CCN1.Cl. The first-order valence-corrected chi connectivity index (χ1v) is 7.52. The van der Waals surface area contributed by atoms with Crippen LogP contribution in [0.15, 0.2) is 0 Å². The van der Waals surface area contributed by atoms with Crippen LogP contribution in [0.3, 0.4) is 0 Å². The Kier molecular flexibility index (Phi) is 6.10. The maximum atomic E-state index is 11.9. The first-order chi connectivity index (χ1) is 7.63. The van der Waals surface area contributed by atoms with Crippen LogP contribution in [0.4, 0.5) is 0 Å². The van der Waals surface area contributed by atoms with Crippen LogP contribution < -0.4 is 5.32 Å². The van der Waals surface area contributed by atoms with Crippen LogP contribution in [0, 0.1) is 0 Å². The highest BCUT2D eigenvalue weighted by atomic mass is 35.5. The van der Waals surface area contributed by atoms with E-state index in [4.69, 9.17) is 0 Å². The lowest BCUT2D eigenvalue weighted by Crippen LogP contribution is -2.53. The van der Waals surface area contributed by atoms with Gasteiger partial charge in [-0.2, -0.15) is 0 Å². The fourth-order valence-corrected chi connectivity index (χ4v) is 2.57. The predicted octanol–water partition coefficient (Wildman–Crippen LogP) is 0.442. The Morgan fingerprint density at radius 3 is 2.39 bits per heavy atom. The topological polar surface area (TPSA) is 66.5 Å². The van der Waals surface area contributed by atoms with Gasteiger partial charge in [0.15, 0.2) is 9.84 Å². The van der Waals surface area contributed by atoms with Gasteiger partial charge in [-0.3, -0.25) is 4.79 Å². The van der Waals surface area contributed by atoms with Crippen molar-refractivity contribution < 1.29 is 13.2 Å². The molecule has 1 atom stereocenters. The van der Waals surface area contributed by atoms with E-state index in [1.807, 2.05) is 6.92 Å². The van der Waals surface area contributed by atoms with E-state index in [2.05, 4.69) is 5.32 Å². The molecule has 0 saturated carbocycles. The maximum Gasteiger partial charge on any atom is 0.237 e. The highest BCUT2D eigenvalue weighted by molar-refractivity contribution is 7.93. The molecule has 0 spiro atoms. The first-order valence-electron chi connectivity index (χ1n) is 5.87. The predicted molar refractivity (Wildman–Crippen MR) is 74.8 cm³/mol. The summed E-state index contributed by atoms with van der Waals surface area (Å²) in [5.74, 6) is -0.670. The molecule has 0 aromatic carbocycles. The van der Waals surface area contributed by atoms with Crippen molar-refractivity contribution in [3.05, 3.63) is 0 Å². The van der Waals surface area contributed by atoms with Crippen molar-refractivity contribution in [1.29, 1.82) is 0 Å². The maximum absolute atomic E-state index is 11.9. The van der Waals surface area contributed by atoms with Gasteiger partial charge in [-0.15, -0.1) is 12.4 Å². The van der Waals surface area contributed by atoms with Crippen LogP contribution in [0.5, 0.6) is 0 Å².